The summed E-state index contributed by atoms with van der Waals surface area (Å²) < 4.78 is 10.0. The molecule has 7 rings (SSSR count). The van der Waals surface area contributed by atoms with E-state index in [-0.39, 0.29) is 24.8 Å². The van der Waals surface area contributed by atoms with E-state index < -0.39 is 0 Å². The number of aryl methyl sites for hydroxylation is 3. The van der Waals surface area contributed by atoms with Gasteiger partial charge in [0, 0.05) is 46.0 Å². The van der Waals surface area contributed by atoms with E-state index in [1.807, 2.05) is 42.5 Å². The summed E-state index contributed by atoms with van der Waals surface area (Å²) in [6.45, 7) is 8.36. The maximum absolute atomic E-state index is 12.4. The van der Waals surface area contributed by atoms with Gasteiger partial charge in [0.15, 0.2) is 0 Å². The number of esters is 2. The molecular weight excluding hydrogens is 697 g/mol. The fourth-order valence-corrected chi connectivity index (χ4v) is 7.36. The smallest absolute Gasteiger partial charge is 0.305 e. The zero-order chi connectivity index (χ0) is 39.3. The highest BCUT2D eigenvalue weighted by Crippen LogP contribution is 2.37. The van der Waals surface area contributed by atoms with E-state index in [9.17, 15) is 9.59 Å². The number of ether oxygens (including phenoxy) is 2. The SMILES string of the molecule is COC(=O)CCC1=C(C)c2cc3[nH]c(cc4nc(cc5[nH]c(cc1n2)c(CCC(=O)OC)c5C)C(/C=C/c1ccccc1)=C4C)c(/C=C/c1ccccc1)c3C. The monoisotopic (exact) mass is 742 g/mol. The molecular formula is C48H46N4O4. The summed E-state index contributed by atoms with van der Waals surface area (Å²) in [4.78, 5) is 42.7. The van der Waals surface area contributed by atoms with E-state index in [4.69, 9.17) is 19.4 Å². The predicted molar refractivity (Wildman–Crippen MR) is 228 cm³/mol. The van der Waals surface area contributed by atoms with Crippen LogP contribution in [0.3, 0.4) is 0 Å². The number of aromatic amines is 2. The van der Waals surface area contributed by atoms with E-state index >= 15 is 0 Å². The summed E-state index contributed by atoms with van der Waals surface area (Å²) in [7, 11) is 2.82. The standard InChI is InChI=1S/C48H46N4O4/c1-29-35(19-17-33-13-9-7-10-14-33)43-26-41-30(2)36(20-18-34-15-11-8-12-16-34)44(51-41)27-42-32(4)38(22-24-48(54)56-6)46(52-42)28-45-37(21-23-47(53)55-5)31(3)40(50-45)25-39(29)49-43/h7-20,25-28,49,52H,21-24H2,1-6H3/b19-17+,20-18+,39-25?,40-25?,41-26?,42-27?,43-26?,44-27?,45-28?,46-28?. The molecule has 0 radical (unpaired) electrons. The Bertz CT molecular complexity index is 2620. The highest BCUT2D eigenvalue weighted by molar-refractivity contribution is 6.00. The average Bonchev–Trinajstić information content (AvgIpc) is 3.87. The zero-order valence-corrected chi connectivity index (χ0v) is 32.7. The van der Waals surface area contributed by atoms with Crippen molar-refractivity contribution >= 4 is 74.5 Å². The van der Waals surface area contributed by atoms with Gasteiger partial charge in [-0.3, -0.25) is 9.59 Å². The first-order valence-electron chi connectivity index (χ1n) is 18.9. The number of carbonyl (C=O) groups is 2. The van der Waals surface area contributed by atoms with Gasteiger partial charge in [-0.05, 0) is 109 Å². The number of H-pyrrole nitrogens is 2. The van der Waals surface area contributed by atoms with E-state index in [1.165, 1.54) is 14.2 Å². The largest absolute Gasteiger partial charge is 0.469 e. The maximum Gasteiger partial charge on any atom is 0.305 e. The molecule has 0 spiro atoms. The van der Waals surface area contributed by atoms with E-state index in [0.717, 1.165) is 101 Å². The number of allylic oxidation sites excluding steroid dienone is 5. The second-order valence-corrected chi connectivity index (χ2v) is 14.2. The predicted octanol–water partition coefficient (Wildman–Crippen LogP) is 10.7. The minimum atomic E-state index is -0.282. The van der Waals surface area contributed by atoms with Crippen LogP contribution in [0, 0.1) is 13.8 Å². The quantitative estimate of drug-likeness (QED) is 0.138. The third kappa shape index (κ3) is 7.96. The lowest BCUT2D eigenvalue weighted by molar-refractivity contribution is -0.141. The van der Waals surface area contributed by atoms with Crippen LogP contribution in [0.15, 0.2) is 91.0 Å². The molecule has 0 amide bonds. The third-order valence-corrected chi connectivity index (χ3v) is 10.7. The van der Waals surface area contributed by atoms with E-state index in [0.29, 0.717) is 12.8 Å². The van der Waals surface area contributed by atoms with Crippen LogP contribution in [0.25, 0.3) is 62.6 Å². The number of fused-ring (bicyclic) bond motifs is 8. The number of hydrogen-bond donors (Lipinski definition) is 2. The number of benzene rings is 2. The van der Waals surface area contributed by atoms with Gasteiger partial charge < -0.3 is 19.4 Å². The molecule has 2 N–H and O–H groups in total. The lowest BCUT2D eigenvalue weighted by atomic mass is 10.00. The number of carbonyl (C=O) groups excluding carboxylic acids is 2. The normalized spacial score (nSPS) is 13.0. The first kappa shape index (κ1) is 37.8. The van der Waals surface area contributed by atoms with Crippen LogP contribution < -0.4 is 0 Å². The molecule has 282 valence electrons. The Hall–Kier alpha value is -6.54. The summed E-state index contributed by atoms with van der Waals surface area (Å²) in [5.74, 6) is -0.561. The van der Waals surface area contributed by atoms with Gasteiger partial charge in [0.25, 0.3) is 0 Å². The number of nitrogens with zero attached hydrogens (tertiary/aromatic N) is 2. The molecule has 0 saturated heterocycles. The number of hydrogen-bond acceptors (Lipinski definition) is 6. The number of methoxy groups -OCH3 is 2. The van der Waals surface area contributed by atoms with Crippen molar-refractivity contribution in [2.75, 3.05) is 14.2 Å². The fraction of sp³-hybridized carbons (Fsp3) is 0.208. The minimum absolute atomic E-state index is 0.222. The van der Waals surface area contributed by atoms with Crippen molar-refractivity contribution < 1.29 is 19.1 Å². The van der Waals surface area contributed by atoms with Crippen LogP contribution in [0.2, 0.25) is 0 Å². The van der Waals surface area contributed by atoms with Crippen molar-refractivity contribution in [1.82, 2.24) is 19.9 Å². The summed E-state index contributed by atoms with van der Waals surface area (Å²) in [6, 6.07) is 28.9. The molecule has 2 aliphatic heterocycles. The van der Waals surface area contributed by atoms with Crippen molar-refractivity contribution in [3.8, 4) is 0 Å². The van der Waals surface area contributed by atoms with Crippen LogP contribution in [-0.2, 0) is 25.5 Å². The first-order chi connectivity index (χ1) is 27.1. The lowest BCUT2D eigenvalue weighted by Crippen LogP contribution is -2.02. The molecule has 8 heteroatoms. The Morgan fingerprint density at radius 3 is 1.75 bits per heavy atom. The van der Waals surface area contributed by atoms with E-state index in [1.54, 1.807) is 0 Å². The van der Waals surface area contributed by atoms with Crippen LogP contribution in [0.4, 0.5) is 0 Å². The molecule has 8 nitrogen and oxygen atoms in total. The van der Waals surface area contributed by atoms with Crippen LogP contribution in [-0.4, -0.2) is 46.1 Å². The number of aromatic nitrogens is 4. The number of nitrogens with one attached hydrogen (secondary N) is 2. The van der Waals surface area contributed by atoms with Crippen LogP contribution in [0.5, 0.6) is 0 Å². The summed E-state index contributed by atoms with van der Waals surface area (Å²) >= 11 is 0. The third-order valence-electron chi connectivity index (χ3n) is 10.7. The lowest BCUT2D eigenvalue weighted by Gasteiger charge is -2.04. The molecule has 3 aromatic heterocycles. The average molecular weight is 743 g/mol. The van der Waals surface area contributed by atoms with Gasteiger partial charge in [-0.1, -0.05) is 85.0 Å². The van der Waals surface area contributed by atoms with Gasteiger partial charge in [0.2, 0.25) is 0 Å². The van der Waals surface area contributed by atoms with Gasteiger partial charge in [-0.25, -0.2) is 9.97 Å². The minimum Gasteiger partial charge on any atom is -0.469 e. The molecule has 2 aliphatic rings. The molecule has 0 atom stereocenters. The molecule has 0 fully saturated rings. The fourth-order valence-electron chi connectivity index (χ4n) is 7.36. The Morgan fingerprint density at radius 1 is 0.571 bits per heavy atom. The van der Waals surface area contributed by atoms with Crippen molar-refractivity contribution in [2.24, 2.45) is 0 Å². The van der Waals surface area contributed by atoms with Crippen molar-refractivity contribution in [1.29, 1.82) is 0 Å². The first-order valence-corrected chi connectivity index (χ1v) is 18.9. The Balaban J connectivity index is 1.54. The Morgan fingerprint density at radius 2 is 1.09 bits per heavy atom. The highest BCUT2D eigenvalue weighted by Gasteiger charge is 2.21. The van der Waals surface area contributed by atoms with Crippen molar-refractivity contribution in [2.45, 2.75) is 53.4 Å². The molecule has 0 saturated carbocycles. The summed E-state index contributed by atoms with van der Waals surface area (Å²) in [6.07, 6.45) is 9.93. The van der Waals surface area contributed by atoms with Crippen LogP contribution in [0.1, 0.15) is 89.3 Å². The number of rotatable bonds is 10. The molecule has 5 heterocycles. The zero-order valence-electron chi connectivity index (χ0n) is 32.7. The van der Waals surface area contributed by atoms with E-state index in [2.05, 4.69) is 104 Å². The molecule has 0 aliphatic carbocycles. The van der Waals surface area contributed by atoms with Crippen molar-refractivity contribution in [3.63, 3.8) is 0 Å². The molecule has 0 unspecified atom stereocenters. The van der Waals surface area contributed by atoms with Gasteiger partial charge in [0.05, 0.1) is 37.0 Å². The molecule has 2 aromatic carbocycles. The molecule has 56 heavy (non-hydrogen) atoms. The second-order valence-electron chi connectivity index (χ2n) is 14.2. The summed E-state index contributed by atoms with van der Waals surface area (Å²) in [5.41, 5.74) is 17.2. The van der Waals surface area contributed by atoms with Crippen molar-refractivity contribution in [3.05, 3.63) is 147 Å². The summed E-state index contributed by atoms with van der Waals surface area (Å²) in [5, 5.41) is 0. The van der Waals surface area contributed by atoms with Gasteiger partial charge in [-0.2, -0.15) is 0 Å². The second kappa shape index (κ2) is 16.4. The van der Waals surface area contributed by atoms with Crippen LogP contribution >= 0.6 is 0 Å². The van der Waals surface area contributed by atoms with Gasteiger partial charge in [-0.15, -0.1) is 0 Å². The molecule has 8 bridgehead atoms. The van der Waals surface area contributed by atoms with Gasteiger partial charge >= 0.3 is 11.9 Å². The Labute approximate surface area is 327 Å². The highest BCUT2D eigenvalue weighted by atomic mass is 16.5. The van der Waals surface area contributed by atoms with Gasteiger partial charge in [0.1, 0.15) is 0 Å². The topological polar surface area (TPSA) is 110 Å². The molecule has 5 aromatic rings. The maximum atomic E-state index is 12.4. The Kier molecular flexibility index (Phi) is 11.1.